The molecule has 19 heavy (non-hydrogen) atoms. The maximum Gasteiger partial charge on any atom is 0.338 e. The minimum atomic E-state index is -1.28. The van der Waals surface area contributed by atoms with Crippen molar-refractivity contribution in [1.82, 2.24) is 0 Å². The lowest BCUT2D eigenvalue weighted by Gasteiger charge is -2.10. The Labute approximate surface area is 110 Å². The van der Waals surface area contributed by atoms with Crippen molar-refractivity contribution in [2.24, 2.45) is 0 Å². The van der Waals surface area contributed by atoms with Crippen LogP contribution in [0, 0.1) is 12.7 Å². The molecular formula is C15H13FO3. The molecule has 0 saturated carbocycles. The highest BCUT2D eigenvalue weighted by atomic mass is 19.1. The van der Waals surface area contributed by atoms with Crippen molar-refractivity contribution in [1.29, 1.82) is 0 Å². The Kier molecular flexibility index (Phi) is 3.51. The number of aromatic carboxylic acids is 1. The molecular weight excluding hydrogens is 247 g/mol. The lowest BCUT2D eigenvalue weighted by atomic mass is 10.0. The van der Waals surface area contributed by atoms with Crippen LogP contribution in [-0.4, -0.2) is 18.2 Å². The average Bonchev–Trinajstić information content (AvgIpc) is 2.38. The van der Waals surface area contributed by atoms with Gasteiger partial charge in [0.05, 0.1) is 12.7 Å². The van der Waals surface area contributed by atoms with Crippen molar-refractivity contribution >= 4 is 5.97 Å². The summed E-state index contributed by atoms with van der Waals surface area (Å²) in [5, 5.41) is 8.81. The van der Waals surface area contributed by atoms with Crippen molar-refractivity contribution < 1.29 is 19.0 Å². The van der Waals surface area contributed by atoms with E-state index in [1.165, 1.54) is 19.2 Å². The number of halogens is 1. The first-order valence-corrected chi connectivity index (χ1v) is 5.71. The van der Waals surface area contributed by atoms with Gasteiger partial charge in [0.15, 0.2) is 0 Å². The average molecular weight is 260 g/mol. The van der Waals surface area contributed by atoms with E-state index in [0.717, 1.165) is 11.1 Å². The standard InChI is InChI=1S/C15H13FO3/c1-9-3-6-14(19-2)12(7-9)10-4-5-11(15(17)18)13(16)8-10/h3-8H,1-2H3,(H,17,18). The molecule has 3 nitrogen and oxygen atoms in total. The van der Waals surface area contributed by atoms with E-state index in [-0.39, 0.29) is 5.56 Å². The maximum absolute atomic E-state index is 13.7. The van der Waals surface area contributed by atoms with Gasteiger partial charge in [-0.25, -0.2) is 9.18 Å². The number of benzene rings is 2. The fourth-order valence-corrected chi connectivity index (χ4v) is 1.90. The van der Waals surface area contributed by atoms with Crippen molar-refractivity contribution in [2.45, 2.75) is 6.92 Å². The molecule has 2 rings (SSSR count). The first-order valence-electron chi connectivity index (χ1n) is 5.71. The third kappa shape index (κ3) is 2.57. The summed E-state index contributed by atoms with van der Waals surface area (Å²) in [6.45, 7) is 1.92. The van der Waals surface area contributed by atoms with Crippen molar-refractivity contribution in [3.8, 4) is 16.9 Å². The Morgan fingerprint density at radius 3 is 2.53 bits per heavy atom. The summed E-state index contributed by atoms with van der Waals surface area (Å²) in [6.07, 6.45) is 0. The van der Waals surface area contributed by atoms with Crippen LogP contribution in [0.2, 0.25) is 0 Å². The number of aryl methyl sites for hydroxylation is 1. The number of ether oxygens (including phenoxy) is 1. The van der Waals surface area contributed by atoms with Crippen LogP contribution in [0.3, 0.4) is 0 Å². The third-order valence-corrected chi connectivity index (χ3v) is 2.87. The highest BCUT2D eigenvalue weighted by molar-refractivity contribution is 5.89. The predicted molar refractivity (Wildman–Crippen MR) is 70.1 cm³/mol. The van der Waals surface area contributed by atoms with Gasteiger partial charge in [0.1, 0.15) is 11.6 Å². The van der Waals surface area contributed by atoms with E-state index in [1.807, 2.05) is 19.1 Å². The molecule has 0 radical (unpaired) electrons. The SMILES string of the molecule is COc1ccc(C)cc1-c1ccc(C(=O)O)c(F)c1. The highest BCUT2D eigenvalue weighted by Crippen LogP contribution is 2.31. The van der Waals surface area contributed by atoms with Crippen molar-refractivity contribution in [2.75, 3.05) is 7.11 Å². The quantitative estimate of drug-likeness (QED) is 0.918. The Morgan fingerprint density at radius 2 is 1.95 bits per heavy atom. The van der Waals surface area contributed by atoms with Crippen molar-refractivity contribution in [3.63, 3.8) is 0 Å². The van der Waals surface area contributed by atoms with Gasteiger partial charge in [-0.1, -0.05) is 17.7 Å². The summed E-state index contributed by atoms with van der Waals surface area (Å²) in [4.78, 5) is 10.8. The predicted octanol–water partition coefficient (Wildman–Crippen LogP) is 3.51. The van der Waals surface area contributed by atoms with Gasteiger partial charge in [-0.05, 0) is 36.8 Å². The zero-order valence-corrected chi connectivity index (χ0v) is 10.6. The number of hydrogen-bond donors (Lipinski definition) is 1. The van der Waals surface area contributed by atoms with Crippen molar-refractivity contribution in [3.05, 3.63) is 53.3 Å². The molecule has 0 amide bonds. The van der Waals surface area contributed by atoms with Crippen LogP contribution in [0.1, 0.15) is 15.9 Å². The Bertz CT molecular complexity index is 635. The molecule has 2 aromatic rings. The smallest absolute Gasteiger partial charge is 0.338 e. The summed E-state index contributed by atoms with van der Waals surface area (Å²) < 4.78 is 18.9. The van der Waals surface area contributed by atoms with E-state index in [1.54, 1.807) is 12.1 Å². The van der Waals surface area contributed by atoms with Gasteiger partial charge in [0, 0.05) is 5.56 Å². The molecule has 0 unspecified atom stereocenters. The minimum absolute atomic E-state index is 0.338. The monoisotopic (exact) mass is 260 g/mol. The molecule has 0 fully saturated rings. The molecule has 0 atom stereocenters. The third-order valence-electron chi connectivity index (χ3n) is 2.87. The fourth-order valence-electron chi connectivity index (χ4n) is 1.90. The van der Waals surface area contributed by atoms with Crippen LogP contribution >= 0.6 is 0 Å². The summed E-state index contributed by atoms with van der Waals surface area (Å²) in [7, 11) is 1.54. The number of rotatable bonds is 3. The molecule has 0 bridgehead atoms. The van der Waals surface area contributed by atoms with Crippen LogP contribution in [0.4, 0.5) is 4.39 Å². The molecule has 98 valence electrons. The Morgan fingerprint density at radius 1 is 1.21 bits per heavy atom. The summed E-state index contributed by atoms with van der Waals surface area (Å²) in [6, 6.07) is 9.60. The van der Waals surface area contributed by atoms with Gasteiger partial charge < -0.3 is 9.84 Å². The van der Waals surface area contributed by atoms with Gasteiger partial charge in [0.2, 0.25) is 0 Å². The van der Waals surface area contributed by atoms with Crippen LogP contribution in [0.25, 0.3) is 11.1 Å². The first kappa shape index (κ1) is 13.1. The number of carboxylic acid groups (broad SMARTS) is 1. The largest absolute Gasteiger partial charge is 0.496 e. The topological polar surface area (TPSA) is 46.5 Å². The zero-order chi connectivity index (χ0) is 14.0. The number of carbonyl (C=O) groups is 1. The fraction of sp³-hybridized carbons (Fsp3) is 0.133. The number of hydrogen-bond acceptors (Lipinski definition) is 2. The van der Waals surface area contributed by atoms with E-state index >= 15 is 0 Å². The van der Waals surface area contributed by atoms with Gasteiger partial charge in [-0.15, -0.1) is 0 Å². The molecule has 4 heteroatoms. The van der Waals surface area contributed by atoms with Gasteiger partial charge in [0.25, 0.3) is 0 Å². The molecule has 0 aromatic heterocycles. The van der Waals surface area contributed by atoms with Crippen LogP contribution < -0.4 is 4.74 Å². The Hall–Kier alpha value is -2.36. The number of carboxylic acids is 1. The second-order valence-electron chi connectivity index (χ2n) is 4.20. The second kappa shape index (κ2) is 5.10. The van der Waals surface area contributed by atoms with Crippen LogP contribution in [-0.2, 0) is 0 Å². The molecule has 0 aliphatic rings. The maximum atomic E-state index is 13.7. The zero-order valence-electron chi connectivity index (χ0n) is 10.6. The summed E-state index contributed by atoms with van der Waals surface area (Å²) >= 11 is 0. The van der Waals surface area contributed by atoms with Crippen LogP contribution in [0.15, 0.2) is 36.4 Å². The van der Waals surface area contributed by atoms with E-state index < -0.39 is 11.8 Å². The van der Waals surface area contributed by atoms with Gasteiger partial charge in [-0.2, -0.15) is 0 Å². The minimum Gasteiger partial charge on any atom is -0.496 e. The molecule has 0 saturated heterocycles. The molecule has 0 aliphatic carbocycles. The molecule has 0 aliphatic heterocycles. The normalized spacial score (nSPS) is 10.3. The van der Waals surface area contributed by atoms with Gasteiger partial charge >= 0.3 is 5.97 Å². The molecule has 1 N–H and O–H groups in total. The van der Waals surface area contributed by atoms with E-state index in [0.29, 0.717) is 11.3 Å². The lowest BCUT2D eigenvalue weighted by molar-refractivity contribution is 0.0692. The number of methoxy groups -OCH3 is 1. The highest BCUT2D eigenvalue weighted by Gasteiger charge is 2.13. The summed E-state index contributed by atoms with van der Waals surface area (Å²) in [5.74, 6) is -1.41. The van der Waals surface area contributed by atoms with Gasteiger partial charge in [-0.3, -0.25) is 0 Å². The van der Waals surface area contributed by atoms with E-state index in [9.17, 15) is 9.18 Å². The molecule has 0 heterocycles. The van der Waals surface area contributed by atoms with E-state index in [4.69, 9.17) is 9.84 Å². The molecule has 0 spiro atoms. The summed E-state index contributed by atoms with van der Waals surface area (Å²) in [5.41, 5.74) is 2.00. The molecule has 2 aromatic carbocycles. The lowest BCUT2D eigenvalue weighted by Crippen LogP contribution is -2.00. The first-order chi connectivity index (χ1) is 9.02. The van der Waals surface area contributed by atoms with Crippen LogP contribution in [0.5, 0.6) is 5.75 Å². The van der Waals surface area contributed by atoms with E-state index in [2.05, 4.69) is 0 Å². The Balaban J connectivity index is 2.56. The second-order valence-corrected chi connectivity index (χ2v) is 4.20.